The lowest BCUT2D eigenvalue weighted by Crippen LogP contribution is -2.58. The number of hydrazine groups is 1. The molecule has 18 heteroatoms. The number of nitrogens with zero attached hydrogens (tertiary/aromatic N) is 7. The predicted octanol–water partition coefficient (Wildman–Crippen LogP) is 4.72. The number of nitrogens with one attached hydrogen (secondary N) is 2. The molecule has 0 unspecified atom stereocenters. The van der Waals surface area contributed by atoms with Gasteiger partial charge >= 0.3 is 12.2 Å². The van der Waals surface area contributed by atoms with Crippen molar-refractivity contribution in [3.8, 4) is 5.75 Å². The van der Waals surface area contributed by atoms with E-state index in [1.165, 1.54) is 13.2 Å². The molecule has 0 radical (unpaired) electrons. The Morgan fingerprint density at radius 3 is 2.41 bits per heavy atom. The second kappa shape index (κ2) is 14.6. The molecule has 8 rings (SSSR count). The number of likely N-dealkylation sites (tertiary alicyclic amines) is 1. The molecule has 2 N–H and O–H groups in total. The van der Waals surface area contributed by atoms with Crippen LogP contribution in [0, 0.1) is 5.92 Å². The fourth-order valence-corrected chi connectivity index (χ4v) is 8.00. The number of hydrogen-bond acceptors (Lipinski definition) is 10. The van der Waals surface area contributed by atoms with E-state index < -0.39 is 41.5 Å². The van der Waals surface area contributed by atoms with E-state index in [0.29, 0.717) is 36.0 Å². The zero-order valence-corrected chi connectivity index (χ0v) is 30.3. The van der Waals surface area contributed by atoms with E-state index in [2.05, 4.69) is 25.4 Å². The number of ether oxygens (including phenoxy) is 1. The highest BCUT2D eigenvalue weighted by atomic mass is 19.4. The fourth-order valence-electron chi connectivity index (χ4n) is 8.00. The van der Waals surface area contributed by atoms with Gasteiger partial charge in [-0.15, -0.1) is 0 Å². The molecule has 0 bridgehead atoms. The predicted molar refractivity (Wildman–Crippen MR) is 195 cm³/mol. The number of pyridine rings is 1. The van der Waals surface area contributed by atoms with E-state index in [0.717, 1.165) is 72.9 Å². The summed E-state index contributed by atoms with van der Waals surface area (Å²) < 4.78 is 46.9. The fraction of sp³-hybridized carbons (Fsp3) is 0.395. The maximum atomic E-state index is 13.6. The number of amides is 6. The third-order valence-corrected chi connectivity index (χ3v) is 10.9. The largest absolute Gasteiger partial charge is 0.494 e. The smallest absolute Gasteiger partial charge is 0.433 e. The van der Waals surface area contributed by atoms with Crippen LogP contribution in [0.1, 0.15) is 75.0 Å². The van der Waals surface area contributed by atoms with Crippen LogP contribution in [0.15, 0.2) is 54.7 Å². The van der Waals surface area contributed by atoms with Crippen molar-refractivity contribution in [1.29, 1.82) is 0 Å². The monoisotopic (exact) mass is 773 g/mol. The van der Waals surface area contributed by atoms with Crippen molar-refractivity contribution in [2.75, 3.05) is 56.6 Å². The number of urea groups is 1. The average molecular weight is 774 g/mol. The summed E-state index contributed by atoms with van der Waals surface area (Å²) in [6.45, 7) is 4.05. The van der Waals surface area contributed by atoms with Gasteiger partial charge in [-0.05, 0) is 61.9 Å². The number of carbonyl (C=O) groups is 5. The van der Waals surface area contributed by atoms with E-state index >= 15 is 0 Å². The van der Waals surface area contributed by atoms with Crippen molar-refractivity contribution >= 4 is 51.9 Å². The third kappa shape index (κ3) is 7.00. The van der Waals surface area contributed by atoms with Gasteiger partial charge in [-0.2, -0.15) is 23.3 Å². The van der Waals surface area contributed by atoms with Crippen LogP contribution in [0.4, 0.5) is 29.3 Å². The molecule has 56 heavy (non-hydrogen) atoms. The first-order chi connectivity index (χ1) is 26.9. The zero-order valence-electron chi connectivity index (χ0n) is 30.3. The van der Waals surface area contributed by atoms with Crippen LogP contribution in [-0.2, 0) is 11.0 Å². The van der Waals surface area contributed by atoms with E-state index in [-0.39, 0.29) is 41.5 Å². The maximum absolute atomic E-state index is 13.6. The van der Waals surface area contributed by atoms with E-state index in [1.54, 1.807) is 24.3 Å². The highest BCUT2D eigenvalue weighted by molar-refractivity contribution is 6.24. The standard InChI is InChI=1S/C38H38F3N9O6/c1-56-30-19-27-23(18-28(30)43-34(52)26-5-3-7-31(42-26)38(39,40)41)21-48(45-27)24-10-13-46(14-11-24)20-22-8-15-47(16-9-22)29-6-2-4-25-33(29)36(54)50(35(25)53)49-17-12-32(51)44-37(49)55/h2-7,18-19,21-22,24H,8-17,20H2,1H3,(H,43,52)(H,44,51,55). The number of halogens is 3. The number of hydrogen-bond donors (Lipinski definition) is 2. The Morgan fingerprint density at radius 2 is 1.70 bits per heavy atom. The molecule has 292 valence electrons. The Hall–Kier alpha value is -6.04. The molecule has 4 aliphatic heterocycles. The number of anilines is 2. The number of imide groups is 2. The number of aromatic nitrogens is 3. The highest BCUT2D eigenvalue weighted by Crippen LogP contribution is 2.36. The lowest BCUT2D eigenvalue weighted by atomic mass is 9.93. The lowest BCUT2D eigenvalue weighted by Gasteiger charge is -2.38. The highest BCUT2D eigenvalue weighted by Gasteiger charge is 2.45. The molecule has 0 spiro atoms. The zero-order chi connectivity index (χ0) is 39.3. The number of fused-ring (bicyclic) bond motifs is 2. The number of rotatable bonds is 8. The Labute approximate surface area is 318 Å². The van der Waals surface area contributed by atoms with Gasteiger partial charge in [0.05, 0.1) is 47.7 Å². The molecule has 0 aliphatic carbocycles. The van der Waals surface area contributed by atoms with Gasteiger partial charge in [-0.25, -0.2) is 14.8 Å². The number of piperidine rings is 2. The SMILES string of the molecule is COc1cc2nn(C3CCN(CC4CCN(c5cccc6c5C(=O)N(N5CCC(=O)NC5=O)C6=O)CC4)CC3)cc2cc1NC(=O)c1cccc(C(F)(F)F)n1. The summed E-state index contributed by atoms with van der Waals surface area (Å²) in [5, 5.41) is 12.2. The molecule has 0 atom stereocenters. The summed E-state index contributed by atoms with van der Waals surface area (Å²) in [7, 11) is 1.43. The van der Waals surface area contributed by atoms with E-state index in [1.807, 2.05) is 16.9 Å². The minimum absolute atomic E-state index is 0.00601. The van der Waals surface area contributed by atoms with Gasteiger partial charge < -0.3 is 19.9 Å². The Bertz CT molecular complexity index is 2250. The van der Waals surface area contributed by atoms with Crippen molar-refractivity contribution < 1.29 is 41.9 Å². The average Bonchev–Trinajstić information content (AvgIpc) is 3.72. The molecule has 3 saturated heterocycles. The summed E-state index contributed by atoms with van der Waals surface area (Å²) in [4.78, 5) is 71.9. The van der Waals surface area contributed by atoms with Gasteiger partial charge in [-0.1, -0.05) is 12.1 Å². The molecule has 6 heterocycles. The van der Waals surface area contributed by atoms with Gasteiger partial charge in [0.15, 0.2) is 0 Å². The molecular formula is C38H38F3N9O6. The molecule has 4 aliphatic rings. The first-order valence-corrected chi connectivity index (χ1v) is 18.4. The van der Waals surface area contributed by atoms with Crippen LogP contribution in [0.5, 0.6) is 5.75 Å². The second-order valence-corrected chi connectivity index (χ2v) is 14.4. The van der Waals surface area contributed by atoms with E-state index in [4.69, 9.17) is 9.84 Å². The van der Waals surface area contributed by atoms with Crippen molar-refractivity contribution in [2.24, 2.45) is 5.92 Å². The molecule has 4 aromatic rings. The number of alkyl halides is 3. The first-order valence-electron chi connectivity index (χ1n) is 18.4. The van der Waals surface area contributed by atoms with Gasteiger partial charge in [0.25, 0.3) is 17.7 Å². The van der Waals surface area contributed by atoms with Crippen molar-refractivity contribution in [3.05, 3.63) is 77.2 Å². The Balaban J connectivity index is 0.860. The van der Waals surface area contributed by atoms with Crippen LogP contribution < -0.4 is 20.3 Å². The summed E-state index contributed by atoms with van der Waals surface area (Å²) in [5.74, 6) is -1.65. The molecule has 0 saturated carbocycles. The molecular weight excluding hydrogens is 735 g/mol. The minimum atomic E-state index is -4.68. The van der Waals surface area contributed by atoms with Crippen LogP contribution in [0.25, 0.3) is 10.9 Å². The summed E-state index contributed by atoms with van der Waals surface area (Å²) in [6, 6.07) is 11.1. The number of benzene rings is 2. The van der Waals surface area contributed by atoms with Crippen molar-refractivity contribution in [1.82, 2.24) is 35.0 Å². The second-order valence-electron chi connectivity index (χ2n) is 14.4. The van der Waals surface area contributed by atoms with Crippen LogP contribution in [0.3, 0.4) is 0 Å². The van der Waals surface area contributed by atoms with Gasteiger partial charge in [0.2, 0.25) is 5.91 Å². The number of carbonyl (C=O) groups excluding carboxylic acids is 5. The third-order valence-electron chi connectivity index (χ3n) is 10.9. The summed E-state index contributed by atoms with van der Waals surface area (Å²) >= 11 is 0. The Morgan fingerprint density at radius 1 is 0.946 bits per heavy atom. The maximum Gasteiger partial charge on any atom is 0.433 e. The Kier molecular flexibility index (Phi) is 9.59. The topological polar surface area (TPSA) is 162 Å². The normalized spacial score (nSPS) is 18.8. The molecule has 3 fully saturated rings. The van der Waals surface area contributed by atoms with Crippen molar-refractivity contribution in [3.63, 3.8) is 0 Å². The van der Waals surface area contributed by atoms with Gasteiger partial charge in [0, 0.05) is 56.8 Å². The molecule has 2 aromatic carbocycles. The quantitative estimate of drug-likeness (QED) is 0.240. The summed E-state index contributed by atoms with van der Waals surface area (Å²) in [5.41, 5.74) is 0.600. The van der Waals surface area contributed by atoms with Crippen LogP contribution >= 0.6 is 0 Å². The van der Waals surface area contributed by atoms with Crippen LogP contribution in [-0.4, -0.2) is 106 Å². The lowest BCUT2D eigenvalue weighted by molar-refractivity contribution is -0.141. The number of methoxy groups -OCH3 is 1. The molecule has 2 aromatic heterocycles. The minimum Gasteiger partial charge on any atom is -0.494 e. The first kappa shape index (κ1) is 36.9. The summed E-state index contributed by atoms with van der Waals surface area (Å²) in [6.07, 6.45) is 0.778. The van der Waals surface area contributed by atoms with E-state index in [9.17, 15) is 37.1 Å². The van der Waals surface area contributed by atoms with Gasteiger partial charge in [-0.3, -0.25) is 29.2 Å². The van der Waals surface area contributed by atoms with Crippen LogP contribution in [0.2, 0.25) is 0 Å². The van der Waals surface area contributed by atoms with Crippen molar-refractivity contribution in [2.45, 2.75) is 44.3 Å². The molecule has 6 amide bonds. The molecule has 15 nitrogen and oxygen atoms in total. The van der Waals surface area contributed by atoms with Gasteiger partial charge in [0.1, 0.15) is 17.1 Å².